The molecule has 0 unspecified atom stereocenters. The molecule has 22 heavy (non-hydrogen) atoms. The molecular formula is C14H7N5S3. The number of fused-ring (bicyclic) bond motifs is 4. The summed E-state index contributed by atoms with van der Waals surface area (Å²) < 4.78 is 3.29. The summed E-state index contributed by atoms with van der Waals surface area (Å²) in [6.45, 7) is 0. The number of benzene rings is 1. The first kappa shape index (κ1) is 12.5. The quantitative estimate of drug-likeness (QED) is 0.452. The Hall–Kier alpha value is -2.03. The van der Waals surface area contributed by atoms with Crippen molar-refractivity contribution in [3.63, 3.8) is 0 Å². The van der Waals surface area contributed by atoms with Crippen LogP contribution in [0, 0.1) is 0 Å². The lowest BCUT2D eigenvalue weighted by Crippen LogP contribution is -1.88. The first-order valence-corrected chi connectivity index (χ1v) is 9.00. The van der Waals surface area contributed by atoms with E-state index in [4.69, 9.17) is 0 Å². The number of para-hydroxylation sites is 1. The Kier molecular flexibility index (Phi) is 2.69. The van der Waals surface area contributed by atoms with E-state index in [1.807, 2.05) is 23.6 Å². The van der Waals surface area contributed by atoms with Gasteiger partial charge in [-0.1, -0.05) is 23.5 Å². The Morgan fingerprint density at radius 1 is 1.05 bits per heavy atom. The summed E-state index contributed by atoms with van der Waals surface area (Å²) in [5.74, 6) is 0. The summed E-state index contributed by atoms with van der Waals surface area (Å²) in [7, 11) is 0. The van der Waals surface area contributed by atoms with E-state index >= 15 is 0 Å². The molecule has 0 atom stereocenters. The van der Waals surface area contributed by atoms with Crippen molar-refractivity contribution in [2.45, 2.75) is 10.2 Å². The van der Waals surface area contributed by atoms with Crippen LogP contribution in [0.4, 0.5) is 0 Å². The van der Waals surface area contributed by atoms with Crippen LogP contribution in [0.3, 0.4) is 0 Å². The van der Waals surface area contributed by atoms with Crippen molar-refractivity contribution < 1.29 is 0 Å². The van der Waals surface area contributed by atoms with Crippen molar-refractivity contribution in [3.8, 4) is 0 Å². The lowest BCUT2D eigenvalue weighted by molar-refractivity contribution is 0.936. The zero-order chi connectivity index (χ0) is 14.5. The van der Waals surface area contributed by atoms with Crippen LogP contribution < -0.4 is 0 Å². The average Bonchev–Trinajstić information content (AvgIpc) is 3.23. The molecule has 0 radical (unpaired) electrons. The van der Waals surface area contributed by atoms with Gasteiger partial charge < -0.3 is 0 Å². The number of thiophene rings is 1. The maximum atomic E-state index is 4.41. The molecule has 0 bridgehead atoms. The predicted molar refractivity (Wildman–Crippen MR) is 89.9 cm³/mol. The zero-order valence-corrected chi connectivity index (χ0v) is 13.5. The summed E-state index contributed by atoms with van der Waals surface area (Å²) in [6.07, 6.45) is 1.60. The molecule has 0 N–H and O–H groups in total. The summed E-state index contributed by atoms with van der Waals surface area (Å²) in [6, 6.07) is 10.3. The van der Waals surface area contributed by atoms with Crippen molar-refractivity contribution in [2.24, 2.45) is 0 Å². The minimum Gasteiger partial charge on any atom is -0.260 e. The van der Waals surface area contributed by atoms with Crippen molar-refractivity contribution in [2.75, 3.05) is 0 Å². The monoisotopic (exact) mass is 341 g/mol. The fraction of sp³-hybridized carbons (Fsp3) is 0. The lowest BCUT2D eigenvalue weighted by Gasteiger charge is -2.00. The van der Waals surface area contributed by atoms with Gasteiger partial charge in [0, 0.05) is 5.39 Å². The molecule has 0 aliphatic heterocycles. The van der Waals surface area contributed by atoms with Gasteiger partial charge in [-0.15, -0.1) is 21.5 Å². The summed E-state index contributed by atoms with van der Waals surface area (Å²) >= 11 is 4.79. The Labute approximate surface area is 136 Å². The Morgan fingerprint density at radius 3 is 3.00 bits per heavy atom. The number of rotatable bonds is 2. The third-order valence-corrected chi connectivity index (χ3v) is 6.12. The number of thiazole rings is 1. The van der Waals surface area contributed by atoms with Gasteiger partial charge in [0.15, 0.2) is 0 Å². The van der Waals surface area contributed by atoms with E-state index in [1.54, 1.807) is 29.0 Å². The standard InChI is InChI=1S/C14H7N5S3/c1-2-4-10-9(3-1)19-13(21-10)17-18-14(19)22-12-8-5-6-20-11(8)15-7-16-12/h1-7H. The van der Waals surface area contributed by atoms with Crippen molar-refractivity contribution in [1.29, 1.82) is 0 Å². The highest BCUT2D eigenvalue weighted by atomic mass is 32.2. The molecule has 0 spiro atoms. The van der Waals surface area contributed by atoms with E-state index in [-0.39, 0.29) is 0 Å². The molecule has 8 heteroatoms. The van der Waals surface area contributed by atoms with Crippen LogP contribution >= 0.6 is 34.4 Å². The van der Waals surface area contributed by atoms with Gasteiger partial charge >= 0.3 is 0 Å². The van der Waals surface area contributed by atoms with Crippen LogP contribution in [0.5, 0.6) is 0 Å². The molecule has 4 heterocycles. The highest BCUT2D eigenvalue weighted by molar-refractivity contribution is 7.99. The molecule has 0 saturated carbocycles. The molecule has 0 aliphatic carbocycles. The predicted octanol–water partition coefficient (Wildman–Crippen LogP) is 4.10. The molecule has 4 aromatic heterocycles. The maximum Gasteiger partial charge on any atom is 0.217 e. The SMILES string of the molecule is c1ccc2c(c1)sc1nnc(Sc3ncnc4sccc34)n12. The number of aromatic nitrogens is 5. The highest BCUT2D eigenvalue weighted by Gasteiger charge is 2.15. The van der Waals surface area contributed by atoms with Gasteiger partial charge in [0.1, 0.15) is 16.2 Å². The third-order valence-electron chi connectivity index (χ3n) is 3.32. The molecule has 0 fully saturated rings. The van der Waals surface area contributed by atoms with E-state index in [9.17, 15) is 0 Å². The molecule has 5 rings (SSSR count). The van der Waals surface area contributed by atoms with Gasteiger partial charge in [0.25, 0.3) is 0 Å². The van der Waals surface area contributed by atoms with Gasteiger partial charge in [-0.25, -0.2) is 9.97 Å². The summed E-state index contributed by atoms with van der Waals surface area (Å²) in [4.78, 5) is 10.6. The molecule has 0 saturated heterocycles. The molecule has 0 aliphatic rings. The molecule has 5 nitrogen and oxygen atoms in total. The van der Waals surface area contributed by atoms with Crippen LogP contribution in [0.15, 0.2) is 52.2 Å². The largest absolute Gasteiger partial charge is 0.260 e. The minimum atomic E-state index is 0.832. The fourth-order valence-corrected chi connectivity index (χ4v) is 5.08. The van der Waals surface area contributed by atoms with E-state index < -0.39 is 0 Å². The van der Waals surface area contributed by atoms with Crippen molar-refractivity contribution in [3.05, 3.63) is 42.0 Å². The average molecular weight is 341 g/mol. The van der Waals surface area contributed by atoms with Gasteiger partial charge in [-0.05, 0) is 35.3 Å². The van der Waals surface area contributed by atoms with E-state index in [0.29, 0.717) is 0 Å². The number of hydrogen-bond donors (Lipinski definition) is 0. The first-order valence-electron chi connectivity index (χ1n) is 6.49. The molecular weight excluding hydrogens is 334 g/mol. The van der Waals surface area contributed by atoms with E-state index in [0.717, 1.165) is 30.9 Å². The van der Waals surface area contributed by atoms with E-state index in [1.165, 1.54) is 16.5 Å². The highest BCUT2D eigenvalue weighted by Crippen LogP contribution is 2.35. The Morgan fingerprint density at radius 2 is 2.00 bits per heavy atom. The summed E-state index contributed by atoms with van der Waals surface area (Å²) in [5, 5.41) is 13.4. The van der Waals surface area contributed by atoms with Crippen LogP contribution in [0.25, 0.3) is 25.4 Å². The Bertz CT molecular complexity index is 1120. The number of nitrogens with zero attached hydrogens (tertiary/aromatic N) is 5. The molecule has 0 amide bonds. The van der Waals surface area contributed by atoms with Crippen molar-refractivity contribution >= 4 is 59.8 Å². The molecule has 1 aromatic carbocycles. The second-order valence-corrected chi connectivity index (χ2v) is 7.45. The van der Waals surface area contributed by atoms with Gasteiger partial charge in [-0.2, -0.15) is 0 Å². The van der Waals surface area contributed by atoms with Crippen LogP contribution in [0.1, 0.15) is 0 Å². The Balaban J connectivity index is 1.72. The van der Waals surface area contributed by atoms with Crippen LogP contribution in [0.2, 0.25) is 0 Å². The maximum absolute atomic E-state index is 4.41. The van der Waals surface area contributed by atoms with Gasteiger partial charge in [0.05, 0.1) is 10.2 Å². The second kappa shape index (κ2) is 4.73. The molecule has 5 aromatic rings. The van der Waals surface area contributed by atoms with Crippen LogP contribution in [-0.4, -0.2) is 24.6 Å². The first-order chi connectivity index (χ1) is 10.9. The van der Waals surface area contributed by atoms with Crippen LogP contribution in [-0.2, 0) is 0 Å². The zero-order valence-electron chi connectivity index (χ0n) is 11.0. The summed E-state index contributed by atoms with van der Waals surface area (Å²) in [5.41, 5.74) is 1.13. The van der Waals surface area contributed by atoms with E-state index in [2.05, 4.69) is 36.7 Å². The van der Waals surface area contributed by atoms with Crippen molar-refractivity contribution in [1.82, 2.24) is 24.6 Å². The smallest absolute Gasteiger partial charge is 0.217 e. The normalized spacial score (nSPS) is 11.8. The lowest BCUT2D eigenvalue weighted by atomic mass is 10.3. The number of hydrogen-bond acceptors (Lipinski definition) is 7. The second-order valence-electron chi connectivity index (χ2n) is 4.59. The van der Waals surface area contributed by atoms with Gasteiger partial charge in [0.2, 0.25) is 10.1 Å². The van der Waals surface area contributed by atoms with Gasteiger partial charge in [-0.3, -0.25) is 4.40 Å². The minimum absolute atomic E-state index is 0.832. The fourth-order valence-electron chi connectivity index (χ4n) is 2.36. The topological polar surface area (TPSA) is 56.0 Å². The molecule has 106 valence electrons. The third kappa shape index (κ3) is 1.78.